The number of hydrogen-bond donors (Lipinski definition) is 1. The Morgan fingerprint density at radius 1 is 1.04 bits per heavy atom. The molecule has 0 unspecified atom stereocenters. The van der Waals surface area contributed by atoms with Gasteiger partial charge in [-0.25, -0.2) is 9.59 Å². The molecule has 1 aliphatic rings. The molecule has 1 amide bonds. The first-order chi connectivity index (χ1) is 12.3. The Labute approximate surface area is 175 Å². The SMILES string of the molecule is CC(C)(C)OC(=O)N[C@]1(C(=O)OC(C)(C)C)C=C[C@H](c2ccc(I)cc2)C1. The van der Waals surface area contributed by atoms with Crippen LogP contribution in [0.25, 0.3) is 0 Å². The van der Waals surface area contributed by atoms with Crippen LogP contribution in [-0.2, 0) is 14.3 Å². The maximum absolute atomic E-state index is 13.0. The third-order valence-corrected chi connectivity index (χ3v) is 4.66. The van der Waals surface area contributed by atoms with Gasteiger partial charge in [-0.2, -0.15) is 0 Å². The number of rotatable bonds is 3. The van der Waals surface area contributed by atoms with E-state index in [1.807, 2.05) is 30.3 Å². The van der Waals surface area contributed by atoms with E-state index in [1.165, 1.54) is 0 Å². The molecule has 27 heavy (non-hydrogen) atoms. The first-order valence-electron chi connectivity index (χ1n) is 8.99. The summed E-state index contributed by atoms with van der Waals surface area (Å²) < 4.78 is 12.1. The van der Waals surface area contributed by atoms with Crippen molar-refractivity contribution in [3.8, 4) is 0 Å². The summed E-state index contributed by atoms with van der Waals surface area (Å²) in [5.41, 5.74) is -1.47. The van der Waals surface area contributed by atoms with E-state index in [1.54, 1.807) is 47.6 Å². The van der Waals surface area contributed by atoms with Gasteiger partial charge in [-0.05, 0) is 88.3 Å². The first kappa shape index (κ1) is 21.7. The molecule has 2 rings (SSSR count). The van der Waals surface area contributed by atoms with Gasteiger partial charge in [-0.15, -0.1) is 0 Å². The van der Waals surface area contributed by atoms with Crippen LogP contribution in [0.2, 0.25) is 0 Å². The predicted octanol–water partition coefficient (Wildman–Crippen LogP) is 4.94. The maximum Gasteiger partial charge on any atom is 0.408 e. The molecule has 1 aromatic carbocycles. The average molecular weight is 485 g/mol. The normalized spacial score (nSPS) is 22.4. The summed E-state index contributed by atoms with van der Waals surface area (Å²) in [5, 5.41) is 2.76. The second kappa shape index (κ2) is 7.81. The molecule has 1 aliphatic carbocycles. The van der Waals surface area contributed by atoms with E-state index in [9.17, 15) is 9.59 Å². The van der Waals surface area contributed by atoms with Gasteiger partial charge in [0.25, 0.3) is 0 Å². The van der Waals surface area contributed by atoms with Crippen LogP contribution in [0.15, 0.2) is 36.4 Å². The molecule has 0 saturated heterocycles. The largest absolute Gasteiger partial charge is 0.458 e. The van der Waals surface area contributed by atoms with Gasteiger partial charge >= 0.3 is 12.1 Å². The highest BCUT2D eigenvalue weighted by atomic mass is 127. The van der Waals surface area contributed by atoms with Crippen molar-refractivity contribution in [2.75, 3.05) is 0 Å². The van der Waals surface area contributed by atoms with E-state index < -0.39 is 28.8 Å². The highest BCUT2D eigenvalue weighted by molar-refractivity contribution is 14.1. The van der Waals surface area contributed by atoms with Crippen LogP contribution in [-0.4, -0.2) is 28.8 Å². The third kappa shape index (κ3) is 6.23. The van der Waals surface area contributed by atoms with Crippen molar-refractivity contribution in [3.05, 3.63) is 45.6 Å². The molecule has 0 spiro atoms. The summed E-state index contributed by atoms with van der Waals surface area (Å²) in [6.45, 7) is 10.8. The number of hydrogen-bond acceptors (Lipinski definition) is 4. The minimum Gasteiger partial charge on any atom is -0.458 e. The van der Waals surface area contributed by atoms with Gasteiger partial charge in [0.15, 0.2) is 5.54 Å². The highest BCUT2D eigenvalue weighted by Crippen LogP contribution is 2.37. The van der Waals surface area contributed by atoms with Crippen molar-refractivity contribution in [1.82, 2.24) is 5.32 Å². The fourth-order valence-electron chi connectivity index (χ4n) is 2.85. The summed E-state index contributed by atoms with van der Waals surface area (Å²) in [7, 11) is 0. The number of halogens is 1. The van der Waals surface area contributed by atoms with Gasteiger partial charge in [0.05, 0.1) is 0 Å². The number of alkyl carbamates (subject to hydrolysis) is 1. The van der Waals surface area contributed by atoms with E-state index >= 15 is 0 Å². The minimum absolute atomic E-state index is 0.00413. The molecule has 1 N–H and O–H groups in total. The summed E-state index contributed by atoms with van der Waals surface area (Å²) in [6, 6.07) is 8.13. The number of amides is 1. The van der Waals surface area contributed by atoms with Crippen LogP contribution >= 0.6 is 22.6 Å². The van der Waals surface area contributed by atoms with Crippen molar-refractivity contribution < 1.29 is 19.1 Å². The number of carbonyl (C=O) groups excluding carboxylic acids is 2. The van der Waals surface area contributed by atoms with Crippen molar-refractivity contribution in [3.63, 3.8) is 0 Å². The standard InChI is InChI=1S/C21H28INO4/c1-19(2,3)26-17(24)21(23-18(25)27-20(4,5)6)12-11-15(13-21)14-7-9-16(22)10-8-14/h7-12,15H,13H2,1-6H3,(H,23,25)/t15-,21+/m0/s1. The van der Waals surface area contributed by atoms with Crippen molar-refractivity contribution in [2.45, 2.75) is 70.6 Å². The summed E-state index contributed by atoms with van der Waals surface area (Å²) in [5.74, 6) is -0.477. The van der Waals surface area contributed by atoms with E-state index in [-0.39, 0.29) is 5.92 Å². The zero-order valence-electron chi connectivity index (χ0n) is 16.8. The Balaban J connectivity index is 2.26. The fourth-order valence-corrected chi connectivity index (χ4v) is 3.21. The number of esters is 1. The van der Waals surface area contributed by atoms with Crippen LogP contribution in [0.1, 0.15) is 59.4 Å². The Bertz CT molecular complexity index is 728. The predicted molar refractivity (Wildman–Crippen MR) is 114 cm³/mol. The summed E-state index contributed by atoms with van der Waals surface area (Å²) in [4.78, 5) is 25.4. The molecule has 0 saturated carbocycles. The van der Waals surface area contributed by atoms with Crippen molar-refractivity contribution >= 4 is 34.7 Å². The second-order valence-corrected chi connectivity index (χ2v) is 10.1. The van der Waals surface area contributed by atoms with E-state index in [0.717, 1.165) is 9.13 Å². The van der Waals surface area contributed by atoms with Crippen molar-refractivity contribution in [1.29, 1.82) is 0 Å². The Morgan fingerprint density at radius 3 is 2.11 bits per heavy atom. The molecular formula is C21H28INO4. The smallest absolute Gasteiger partial charge is 0.408 e. The van der Waals surface area contributed by atoms with Crippen LogP contribution in [0.4, 0.5) is 4.79 Å². The maximum atomic E-state index is 13.0. The summed E-state index contributed by atoms with van der Waals surface area (Å²) in [6.07, 6.45) is 3.43. The molecule has 0 bridgehead atoms. The molecule has 0 heterocycles. The lowest BCUT2D eigenvalue weighted by Crippen LogP contribution is -2.55. The third-order valence-electron chi connectivity index (χ3n) is 3.94. The van der Waals surface area contributed by atoms with Gasteiger partial charge in [-0.3, -0.25) is 0 Å². The Morgan fingerprint density at radius 2 is 1.59 bits per heavy atom. The lowest BCUT2D eigenvalue weighted by molar-refractivity contribution is -0.161. The molecule has 0 radical (unpaired) electrons. The molecule has 6 heteroatoms. The minimum atomic E-state index is -1.25. The highest BCUT2D eigenvalue weighted by Gasteiger charge is 2.46. The second-order valence-electron chi connectivity index (χ2n) is 8.82. The number of allylic oxidation sites excluding steroid dienone is 1. The fraction of sp³-hybridized carbons (Fsp3) is 0.524. The number of carbonyl (C=O) groups is 2. The topological polar surface area (TPSA) is 64.6 Å². The van der Waals surface area contributed by atoms with Gasteiger partial charge in [0.1, 0.15) is 11.2 Å². The zero-order valence-corrected chi connectivity index (χ0v) is 18.9. The molecule has 0 aromatic heterocycles. The molecule has 0 aliphatic heterocycles. The molecule has 0 fully saturated rings. The average Bonchev–Trinajstić information content (AvgIpc) is 2.89. The van der Waals surface area contributed by atoms with Crippen molar-refractivity contribution in [2.24, 2.45) is 0 Å². The van der Waals surface area contributed by atoms with E-state index in [4.69, 9.17) is 9.47 Å². The Kier molecular flexibility index (Phi) is 6.29. The summed E-state index contributed by atoms with van der Waals surface area (Å²) >= 11 is 2.25. The number of nitrogens with one attached hydrogen (secondary N) is 1. The lowest BCUT2D eigenvalue weighted by Gasteiger charge is -2.32. The van der Waals surface area contributed by atoms with Gasteiger partial charge in [-0.1, -0.05) is 24.3 Å². The molecular weight excluding hydrogens is 457 g/mol. The van der Waals surface area contributed by atoms with Crippen LogP contribution in [0.5, 0.6) is 0 Å². The quantitative estimate of drug-likeness (QED) is 0.374. The molecule has 148 valence electrons. The lowest BCUT2D eigenvalue weighted by atomic mass is 9.90. The Hall–Kier alpha value is -1.57. The monoisotopic (exact) mass is 485 g/mol. The molecule has 1 aromatic rings. The van der Waals surface area contributed by atoms with Crippen LogP contribution < -0.4 is 5.32 Å². The number of ether oxygens (including phenoxy) is 2. The van der Waals surface area contributed by atoms with E-state index in [0.29, 0.717) is 6.42 Å². The first-order valence-corrected chi connectivity index (χ1v) is 10.1. The molecule has 5 nitrogen and oxygen atoms in total. The van der Waals surface area contributed by atoms with Gasteiger partial charge < -0.3 is 14.8 Å². The van der Waals surface area contributed by atoms with Crippen LogP contribution in [0, 0.1) is 3.57 Å². The number of benzene rings is 1. The van der Waals surface area contributed by atoms with E-state index in [2.05, 4.69) is 27.9 Å². The van der Waals surface area contributed by atoms with Crippen LogP contribution in [0.3, 0.4) is 0 Å². The zero-order chi connectivity index (χ0) is 20.5. The molecule has 2 atom stereocenters. The van der Waals surface area contributed by atoms with Gasteiger partial charge in [0.2, 0.25) is 0 Å². The van der Waals surface area contributed by atoms with Gasteiger partial charge in [0, 0.05) is 9.49 Å².